The van der Waals surface area contributed by atoms with Crippen LogP contribution in [-0.2, 0) is 15.6 Å². The molecule has 1 aliphatic heterocycles. The summed E-state index contributed by atoms with van der Waals surface area (Å²) in [6.45, 7) is 1.73. The molecule has 0 amide bonds. The number of para-hydroxylation sites is 2. The Morgan fingerprint density at radius 1 is 0.943 bits per heavy atom. The lowest BCUT2D eigenvalue weighted by molar-refractivity contribution is -0.0509. The number of carbonyl (C=O) groups is 1. The van der Waals surface area contributed by atoms with Gasteiger partial charge >= 0.3 is 0 Å². The van der Waals surface area contributed by atoms with E-state index in [-0.39, 0.29) is 30.0 Å². The van der Waals surface area contributed by atoms with Crippen molar-refractivity contribution >= 4 is 15.8 Å². The maximum atomic E-state index is 13.9. The molecule has 0 aromatic heterocycles. The maximum absolute atomic E-state index is 13.9. The molecule has 0 aliphatic carbocycles. The Kier molecular flexibility index (Phi) is 6.98. The molecular formula is C27H29NO6S. The number of carbonyl (C=O) groups excluding carboxylic acids is 1. The molecule has 184 valence electrons. The highest BCUT2D eigenvalue weighted by Crippen LogP contribution is 2.44. The summed E-state index contributed by atoms with van der Waals surface area (Å²) in [6, 6.07) is 20.3. The van der Waals surface area contributed by atoms with Gasteiger partial charge in [-0.15, -0.1) is 0 Å². The summed E-state index contributed by atoms with van der Waals surface area (Å²) in [5, 5.41) is 12.0. The van der Waals surface area contributed by atoms with Crippen LogP contribution in [0, 0.1) is 12.8 Å². The van der Waals surface area contributed by atoms with Gasteiger partial charge < -0.3 is 14.6 Å². The molecule has 0 radical (unpaired) electrons. The highest BCUT2D eigenvalue weighted by atomic mass is 32.2. The van der Waals surface area contributed by atoms with Gasteiger partial charge in [0.2, 0.25) is 10.0 Å². The molecular weight excluding hydrogens is 466 g/mol. The van der Waals surface area contributed by atoms with Gasteiger partial charge in [0.1, 0.15) is 17.1 Å². The Bertz CT molecular complexity index is 1320. The number of aryl methyl sites for hydroxylation is 1. The first-order chi connectivity index (χ1) is 16.7. The molecule has 8 heteroatoms. The fraction of sp³-hybridized carbons (Fsp3) is 0.296. The normalized spacial score (nSPS) is 20.9. The van der Waals surface area contributed by atoms with Gasteiger partial charge in [-0.2, -0.15) is 4.31 Å². The maximum Gasteiger partial charge on any atom is 0.243 e. The van der Waals surface area contributed by atoms with E-state index in [1.807, 2.05) is 6.92 Å². The standard InChI is InChI=1S/C27H29NO6S/c1-19-12-14-20(15-13-19)35(31,32)28-17-16-27(30,22-9-5-7-11-25(22)34-3)23(18-28)26(29)21-8-4-6-10-24(21)33-2/h4-15,23,30H,16-18H2,1-3H3/t23?,27-/m1/s1. The smallest absolute Gasteiger partial charge is 0.243 e. The van der Waals surface area contributed by atoms with Gasteiger partial charge in [-0.05, 0) is 43.7 Å². The van der Waals surface area contributed by atoms with E-state index in [2.05, 4.69) is 0 Å². The molecule has 0 spiro atoms. The number of piperidine rings is 1. The van der Waals surface area contributed by atoms with Crippen molar-refractivity contribution in [2.75, 3.05) is 27.3 Å². The Balaban J connectivity index is 1.81. The monoisotopic (exact) mass is 495 g/mol. The van der Waals surface area contributed by atoms with Crippen LogP contribution in [0.3, 0.4) is 0 Å². The van der Waals surface area contributed by atoms with Gasteiger partial charge in [-0.25, -0.2) is 8.42 Å². The fourth-order valence-electron chi connectivity index (χ4n) is 4.65. The molecule has 0 saturated carbocycles. The van der Waals surface area contributed by atoms with E-state index >= 15 is 0 Å². The molecule has 35 heavy (non-hydrogen) atoms. The first-order valence-electron chi connectivity index (χ1n) is 11.3. The van der Waals surface area contributed by atoms with Crippen LogP contribution in [0.4, 0.5) is 0 Å². The molecule has 7 nitrogen and oxygen atoms in total. The van der Waals surface area contributed by atoms with E-state index in [0.717, 1.165) is 5.56 Å². The molecule has 2 atom stereocenters. The van der Waals surface area contributed by atoms with Gasteiger partial charge in [0.15, 0.2) is 5.78 Å². The van der Waals surface area contributed by atoms with Crippen LogP contribution in [0.25, 0.3) is 0 Å². The second-order valence-electron chi connectivity index (χ2n) is 8.67. The van der Waals surface area contributed by atoms with Crippen LogP contribution in [0.15, 0.2) is 77.7 Å². The summed E-state index contributed by atoms with van der Waals surface area (Å²) in [6.07, 6.45) is 0.0179. The van der Waals surface area contributed by atoms with Crippen LogP contribution in [0.1, 0.15) is 27.9 Å². The molecule has 1 fully saturated rings. The van der Waals surface area contributed by atoms with Crippen molar-refractivity contribution in [3.8, 4) is 11.5 Å². The zero-order valence-corrected chi connectivity index (χ0v) is 20.8. The SMILES string of the molecule is COc1ccccc1C(=O)C1CN(S(=O)(=O)c2ccc(C)cc2)CC[C@@]1(O)c1ccccc1OC. The summed E-state index contributed by atoms with van der Waals surface area (Å²) >= 11 is 0. The van der Waals surface area contributed by atoms with E-state index in [4.69, 9.17) is 9.47 Å². The lowest BCUT2D eigenvalue weighted by Crippen LogP contribution is -2.54. The molecule has 1 saturated heterocycles. The summed E-state index contributed by atoms with van der Waals surface area (Å²) in [4.78, 5) is 14.1. The van der Waals surface area contributed by atoms with Crippen molar-refractivity contribution in [1.82, 2.24) is 4.31 Å². The van der Waals surface area contributed by atoms with Gasteiger partial charge in [0.25, 0.3) is 0 Å². The number of nitrogens with zero attached hydrogens (tertiary/aromatic N) is 1. The third kappa shape index (κ3) is 4.57. The second-order valence-corrected chi connectivity index (χ2v) is 10.6. The second kappa shape index (κ2) is 9.81. The van der Waals surface area contributed by atoms with E-state index in [1.165, 1.54) is 18.5 Å². The predicted octanol–water partition coefficient (Wildman–Crippen LogP) is 3.79. The Hall–Kier alpha value is -3.20. The topological polar surface area (TPSA) is 93.1 Å². The van der Waals surface area contributed by atoms with Crippen molar-refractivity contribution in [2.24, 2.45) is 5.92 Å². The summed E-state index contributed by atoms with van der Waals surface area (Å²) in [7, 11) is -0.922. The van der Waals surface area contributed by atoms with Crippen molar-refractivity contribution in [3.05, 3.63) is 89.5 Å². The van der Waals surface area contributed by atoms with Crippen LogP contribution in [-0.4, -0.2) is 50.9 Å². The number of benzene rings is 3. The predicted molar refractivity (Wildman–Crippen MR) is 132 cm³/mol. The van der Waals surface area contributed by atoms with Crippen LogP contribution in [0.2, 0.25) is 0 Å². The van der Waals surface area contributed by atoms with Gasteiger partial charge in [0.05, 0.1) is 30.6 Å². The first-order valence-corrected chi connectivity index (χ1v) is 12.8. The number of ether oxygens (including phenoxy) is 2. The van der Waals surface area contributed by atoms with E-state index in [0.29, 0.717) is 17.1 Å². The van der Waals surface area contributed by atoms with E-state index < -0.39 is 27.3 Å². The number of ketones is 1. The third-order valence-corrected chi connectivity index (χ3v) is 8.51. The molecule has 1 N–H and O–H groups in total. The van der Waals surface area contributed by atoms with Crippen molar-refractivity contribution in [3.63, 3.8) is 0 Å². The Morgan fingerprint density at radius 3 is 2.20 bits per heavy atom. The minimum Gasteiger partial charge on any atom is -0.496 e. The number of Topliss-reactive ketones (excluding diaryl/α,β-unsaturated/α-hetero) is 1. The van der Waals surface area contributed by atoms with E-state index in [1.54, 1.807) is 72.8 Å². The molecule has 1 heterocycles. The molecule has 3 aromatic carbocycles. The van der Waals surface area contributed by atoms with Crippen LogP contribution < -0.4 is 9.47 Å². The zero-order valence-electron chi connectivity index (χ0n) is 20.0. The highest BCUT2D eigenvalue weighted by Gasteiger charge is 2.50. The number of hydrogen-bond donors (Lipinski definition) is 1. The minimum atomic E-state index is -3.88. The fourth-order valence-corrected chi connectivity index (χ4v) is 6.11. The van der Waals surface area contributed by atoms with Crippen LogP contribution in [0.5, 0.6) is 11.5 Å². The lowest BCUT2D eigenvalue weighted by atomic mass is 9.73. The average molecular weight is 496 g/mol. The lowest BCUT2D eigenvalue weighted by Gasteiger charge is -2.44. The minimum absolute atomic E-state index is 0.0179. The number of methoxy groups -OCH3 is 2. The van der Waals surface area contributed by atoms with Crippen molar-refractivity contribution < 1.29 is 27.8 Å². The largest absolute Gasteiger partial charge is 0.496 e. The summed E-state index contributed by atoms with van der Waals surface area (Å²) in [5.74, 6) is -0.704. The van der Waals surface area contributed by atoms with Gasteiger partial charge in [-0.3, -0.25) is 4.79 Å². The number of sulfonamides is 1. The molecule has 4 rings (SSSR count). The quantitative estimate of drug-likeness (QED) is 0.502. The van der Waals surface area contributed by atoms with Crippen molar-refractivity contribution in [1.29, 1.82) is 0 Å². The molecule has 1 aliphatic rings. The zero-order chi connectivity index (χ0) is 25.2. The number of hydrogen-bond acceptors (Lipinski definition) is 6. The Labute approximate surface area is 206 Å². The Morgan fingerprint density at radius 2 is 1.54 bits per heavy atom. The van der Waals surface area contributed by atoms with Gasteiger partial charge in [-0.1, -0.05) is 48.0 Å². The van der Waals surface area contributed by atoms with Crippen LogP contribution >= 0.6 is 0 Å². The van der Waals surface area contributed by atoms with E-state index in [9.17, 15) is 18.3 Å². The third-order valence-electron chi connectivity index (χ3n) is 6.63. The molecule has 1 unspecified atom stereocenters. The number of rotatable bonds is 7. The van der Waals surface area contributed by atoms with Crippen molar-refractivity contribution in [2.45, 2.75) is 23.8 Å². The summed E-state index contributed by atoms with van der Waals surface area (Å²) < 4.78 is 39.1. The first kappa shape index (κ1) is 24.9. The summed E-state index contributed by atoms with van der Waals surface area (Å²) in [5.41, 5.74) is 0.0208. The number of aliphatic hydroxyl groups is 1. The van der Waals surface area contributed by atoms with Gasteiger partial charge in [0, 0.05) is 18.7 Å². The average Bonchev–Trinajstić information content (AvgIpc) is 2.88. The molecule has 0 bridgehead atoms. The highest BCUT2D eigenvalue weighted by molar-refractivity contribution is 7.89. The molecule has 3 aromatic rings.